The van der Waals surface area contributed by atoms with Crippen LogP contribution in [-0.2, 0) is 9.53 Å². The van der Waals surface area contributed by atoms with Gasteiger partial charge in [0, 0.05) is 12.8 Å². The zero-order chi connectivity index (χ0) is 15.7. The summed E-state index contributed by atoms with van der Waals surface area (Å²) in [5.41, 5.74) is 0. The van der Waals surface area contributed by atoms with Gasteiger partial charge >= 0.3 is 5.97 Å². The SMILES string of the molecule is C#CC[C@@H](O)/C=C/C=C/C1CC1[C@@H](O)CCCC(=O)OC. The topological polar surface area (TPSA) is 66.8 Å². The van der Waals surface area contributed by atoms with Gasteiger partial charge in [-0.3, -0.25) is 4.79 Å². The fraction of sp³-hybridized carbons (Fsp3) is 0.588. The highest BCUT2D eigenvalue weighted by Crippen LogP contribution is 2.43. The second-order valence-corrected chi connectivity index (χ2v) is 5.34. The zero-order valence-corrected chi connectivity index (χ0v) is 12.4. The van der Waals surface area contributed by atoms with Crippen molar-refractivity contribution < 1.29 is 19.7 Å². The number of hydrogen-bond donors (Lipinski definition) is 2. The van der Waals surface area contributed by atoms with Crippen LogP contribution in [0, 0.1) is 24.2 Å². The number of rotatable bonds is 9. The summed E-state index contributed by atoms with van der Waals surface area (Å²) in [4.78, 5) is 11.0. The van der Waals surface area contributed by atoms with Gasteiger partial charge in [-0.1, -0.05) is 24.3 Å². The fourth-order valence-electron chi connectivity index (χ4n) is 2.26. The van der Waals surface area contributed by atoms with Crippen LogP contribution < -0.4 is 0 Å². The number of aliphatic hydroxyl groups excluding tert-OH is 2. The molecule has 1 aliphatic rings. The fourth-order valence-corrected chi connectivity index (χ4v) is 2.26. The summed E-state index contributed by atoms with van der Waals surface area (Å²) in [6.07, 6.45) is 14.4. The molecule has 1 fully saturated rings. The Labute approximate surface area is 126 Å². The van der Waals surface area contributed by atoms with Gasteiger partial charge in [-0.25, -0.2) is 0 Å². The highest BCUT2D eigenvalue weighted by atomic mass is 16.5. The number of methoxy groups -OCH3 is 1. The summed E-state index contributed by atoms with van der Waals surface area (Å²) < 4.78 is 4.56. The monoisotopic (exact) mass is 292 g/mol. The minimum Gasteiger partial charge on any atom is -0.469 e. The van der Waals surface area contributed by atoms with Gasteiger partial charge < -0.3 is 14.9 Å². The molecule has 4 nitrogen and oxygen atoms in total. The van der Waals surface area contributed by atoms with E-state index in [1.165, 1.54) is 7.11 Å². The van der Waals surface area contributed by atoms with E-state index in [0.29, 0.717) is 31.6 Å². The number of carbonyl (C=O) groups excluding carboxylic acids is 1. The molecule has 0 bridgehead atoms. The number of allylic oxidation sites excluding steroid dienone is 3. The number of terminal acetylenes is 1. The maximum absolute atomic E-state index is 11.0. The Hall–Kier alpha value is -1.57. The van der Waals surface area contributed by atoms with Gasteiger partial charge in [0.2, 0.25) is 0 Å². The summed E-state index contributed by atoms with van der Waals surface area (Å²) in [7, 11) is 1.37. The van der Waals surface area contributed by atoms with Crippen LogP contribution in [0.3, 0.4) is 0 Å². The molecule has 1 aliphatic carbocycles. The molecule has 116 valence electrons. The van der Waals surface area contributed by atoms with E-state index in [2.05, 4.69) is 10.7 Å². The molecule has 4 atom stereocenters. The second kappa shape index (κ2) is 9.38. The van der Waals surface area contributed by atoms with Gasteiger partial charge in [0.25, 0.3) is 0 Å². The van der Waals surface area contributed by atoms with Crippen molar-refractivity contribution in [2.45, 2.75) is 44.3 Å². The van der Waals surface area contributed by atoms with Crippen molar-refractivity contribution in [2.24, 2.45) is 11.8 Å². The molecule has 0 aromatic heterocycles. The molecule has 0 radical (unpaired) electrons. The van der Waals surface area contributed by atoms with Crippen LogP contribution in [0.15, 0.2) is 24.3 Å². The van der Waals surface area contributed by atoms with Crippen LogP contribution in [0.4, 0.5) is 0 Å². The maximum atomic E-state index is 11.0. The van der Waals surface area contributed by atoms with E-state index in [1.807, 2.05) is 12.2 Å². The van der Waals surface area contributed by atoms with Crippen molar-refractivity contribution in [1.29, 1.82) is 0 Å². The van der Waals surface area contributed by atoms with Crippen LogP contribution in [0.1, 0.15) is 32.1 Å². The first-order valence-corrected chi connectivity index (χ1v) is 7.30. The van der Waals surface area contributed by atoms with Crippen molar-refractivity contribution in [3.8, 4) is 12.3 Å². The minimum absolute atomic E-state index is 0.231. The van der Waals surface area contributed by atoms with Crippen LogP contribution in [0.2, 0.25) is 0 Å². The molecule has 0 amide bonds. The Balaban J connectivity index is 2.18. The molecule has 0 spiro atoms. The molecule has 0 aromatic rings. The Kier molecular flexibility index (Phi) is 7.81. The van der Waals surface area contributed by atoms with Gasteiger partial charge in [-0.2, -0.15) is 0 Å². The first kappa shape index (κ1) is 17.5. The van der Waals surface area contributed by atoms with Crippen LogP contribution in [-0.4, -0.2) is 35.5 Å². The van der Waals surface area contributed by atoms with Gasteiger partial charge in [0.1, 0.15) is 0 Å². The number of ether oxygens (including phenoxy) is 1. The summed E-state index contributed by atoms with van der Waals surface area (Å²) in [6, 6.07) is 0. The third-order valence-electron chi connectivity index (χ3n) is 3.62. The molecule has 2 N–H and O–H groups in total. The normalized spacial score (nSPS) is 23.9. The lowest BCUT2D eigenvalue weighted by atomic mass is 10.1. The first-order valence-electron chi connectivity index (χ1n) is 7.30. The van der Waals surface area contributed by atoms with Gasteiger partial charge in [0.05, 0.1) is 19.3 Å². The van der Waals surface area contributed by atoms with Gasteiger partial charge in [-0.05, 0) is 31.1 Å². The molecule has 1 rings (SSSR count). The molecule has 2 unspecified atom stereocenters. The number of aliphatic hydroxyl groups is 2. The summed E-state index contributed by atoms with van der Waals surface area (Å²) in [6.45, 7) is 0. The smallest absolute Gasteiger partial charge is 0.305 e. The van der Waals surface area contributed by atoms with E-state index in [9.17, 15) is 15.0 Å². The molecule has 0 aromatic carbocycles. The third kappa shape index (κ3) is 7.12. The standard InChI is InChI=1S/C17H24O4/c1-3-7-14(18)9-5-4-8-13-12-15(13)16(19)10-6-11-17(20)21-2/h1,4-5,8-9,13-16,18-19H,6-7,10-12H2,2H3/b8-4+,9-5+/t13?,14-,15?,16+/m1/s1. The number of hydrogen-bond acceptors (Lipinski definition) is 4. The highest BCUT2D eigenvalue weighted by molar-refractivity contribution is 5.68. The summed E-state index contributed by atoms with van der Waals surface area (Å²) in [5, 5.41) is 19.4. The van der Waals surface area contributed by atoms with E-state index < -0.39 is 6.10 Å². The summed E-state index contributed by atoms with van der Waals surface area (Å²) >= 11 is 0. The Bertz CT molecular complexity index is 419. The van der Waals surface area contributed by atoms with Crippen LogP contribution in [0.5, 0.6) is 0 Å². The van der Waals surface area contributed by atoms with Gasteiger partial charge in [-0.15, -0.1) is 12.3 Å². The lowest BCUT2D eigenvalue weighted by molar-refractivity contribution is -0.140. The van der Waals surface area contributed by atoms with E-state index >= 15 is 0 Å². The van der Waals surface area contributed by atoms with Crippen molar-refractivity contribution in [1.82, 2.24) is 0 Å². The average molecular weight is 292 g/mol. The largest absolute Gasteiger partial charge is 0.469 e. The van der Waals surface area contributed by atoms with Crippen molar-refractivity contribution >= 4 is 5.97 Å². The quantitative estimate of drug-likeness (QED) is 0.386. The van der Waals surface area contributed by atoms with E-state index in [1.54, 1.807) is 12.2 Å². The third-order valence-corrected chi connectivity index (χ3v) is 3.62. The molecule has 1 saturated carbocycles. The minimum atomic E-state index is -0.599. The van der Waals surface area contributed by atoms with E-state index in [0.717, 1.165) is 6.42 Å². The van der Waals surface area contributed by atoms with E-state index in [4.69, 9.17) is 6.42 Å². The molecular formula is C17H24O4. The van der Waals surface area contributed by atoms with Gasteiger partial charge in [0.15, 0.2) is 0 Å². The average Bonchev–Trinajstić information content (AvgIpc) is 3.23. The Morgan fingerprint density at radius 2 is 2.24 bits per heavy atom. The van der Waals surface area contributed by atoms with Crippen molar-refractivity contribution in [3.63, 3.8) is 0 Å². The lowest BCUT2D eigenvalue weighted by Gasteiger charge is -2.08. The zero-order valence-electron chi connectivity index (χ0n) is 12.4. The number of carbonyl (C=O) groups is 1. The highest BCUT2D eigenvalue weighted by Gasteiger charge is 2.39. The number of esters is 1. The molecule has 4 heteroatoms. The molecule has 0 aliphatic heterocycles. The molecule has 0 saturated heterocycles. The second-order valence-electron chi connectivity index (χ2n) is 5.34. The predicted molar refractivity (Wildman–Crippen MR) is 81.2 cm³/mol. The summed E-state index contributed by atoms with van der Waals surface area (Å²) in [5.74, 6) is 2.82. The Morgan fingerprint density at radius 1 is 1.48 bits per heavy atom. The van der Waals surface area contributed by atoms with E-state index in [-0.39, 0.29) is 18.0 Å². The van der Waals surface area contributed by atoms with Crippen molar-refractivity contribution in [3.05, 3.63) is 24.3 Å². The van der Waals surface area contributed by atoms with Crippen LogP contribution >= 0.6 is 0 Å². The van der Waals surface area contributed by atoms with Crippen molar-refractivity contribution in [2.75, 3.05) is 7.11 Å². The van der Waals surface area contributed by atoms with Crippen LogP contribution in [0.25, 0.3) is 0 Å². The first-order chi connectivity index (χ1) is 10.1. The molecule has 0 heterocycles. The lowest BCUT2D eigenvalue weighted by Crippen LogP contribution is -2.11. The molecular weight excluding hydrogens is 268 g/mol. The maximum Gasteiger partial charge on any atom is 0.305 e. The predicted octanol–water partition coefficient (Wildman–Crippen LogP) is 1.82. The molecule has 21 heavy (non-hydrogen) atoms. The Morgan fingerprint density at radius 3 is 2.90 bits per heavy atom.